The SMILES string of the molecule is CCOC(=O)N[C@@H]1CC[C@@H]2[C@H](CC3C(=O)O[C@H](C)C3[C@H]2C=O)C1. The molecule has 2 unspecified atom stereocenters. The number of amides is 1. The Morgan fingerprint density at radius 2 is 2.17 bits per heavy atom. The molecule has 0 bridgehead atoms. The fraction of sp³-hybridized carbons (Fsp3) is 0.824. The highest BCUT2D eigenvalue weighted by atomic mass is 16.6. The number of nitrogens with one attached hydrogen (secondary N) is 1. The average Bonchev–Trinajstić information content (AvgIpc) is 2.79. The van der Waals surface area contributed by atoms with Crippen LogP contribution in [0.3, 0.4) is 0 Å². The summed E-state index contributed by atoms with van der Waals surface area (Å²) in [6.07, 6.45) is 3.80. The second kappa shape index (κ2) is 6.49. The van der Waals surface area contributed by atoms with Gasteiger partial charge in [0, 0.05) is 17.9 Å². The highest BCUT2D eigenvalue weighted by Crippen LogP contribution is 2.52. The summed E-state index contributed by atoms with van der Waals surface area (Å²) < 4.78 is 10.3. The molecule has 1 aliphatic heterocycles. The lowest BCUT2D eigenvalue weighted by molar-refractivity contribution is -0.144. The van der Waals surface area contributed by atoms with E-state index in [4.69, 9.17) is 9.47 Å². The Labute approximate surface area is 136 Å². The first-order chi connectivity index (χ1) is 11.0. The summed E-state index contributed by atoms with van der Waals surface area (Å²) in [6.45, 7) is 4.03. The zero-order chi connectivity index (χ0) is 16.6. The lowest BCUT2D eigenvalue weighted by atomic mass is 9.57. The van der Waals surface area contributed by atoms with Crippen molar-refractivity contribution >= 4 is 18.3 Å². The van der Waals surface area contributed by atoms with Gasteiger partial charge in [0.15, 0.2) is 0 Å². The van der Waals surface area contributed by atoms with Gasteiger partial charge < -0.3 is 19.6 Å². The van der Waals surface area contributed by atoms with Gasteiger partial charge in [-0.05, 0) is 51.4 Å². The molecule has 0 aromatic rings. The van der Waals surface area contributed by atoms with Crippen LogP contribution in [0, 0.1) is 29.6 Å². The van der Waals surface area contributed by atoms with Crippen LogP contribution in [-0.2, 0) is 19.1 Å². The summed E-state index contributed by atoms with van der Waals surface area (Å²) in [5.41, 5.74) is 0. The van der Waals surface area contributed by atoms with E-state index in [0.717, 1.165) is 32.0 Å². The van der Waals surface area contributed by atoms with Gasteiger partial charge in [-0.3, -0.25) is 4.79 Å². The predicted molar refractivity (Wildman–Crippen MR) is 81.5 cm³/mol. The Kier molecular flexibility index (Phi) is 4.60. The first-order valence-electron chi connectivity index (χ1n) is 8.64. The van der Waals surface area contributed by atoms with Gasteiger partial charge in [0.2, 0.25) is 0 Å². The number of esters is 1. The number of aldehydes is 1. The number of ether oxygens (including phenoxy) is 2. The second-order valence-electron chi connectivity index (χ2n) is 7.07. The van der Waals surface area contributed by atoms with Gasteiger partial charge in [0.25, 0.3) is 0 Å². The summed E-state index contributed by atoms with van der Waals surface area (Å²) >= 11 is 0. The second-order valence-corrected chi connectivity index (χ2v) is 7.07. The number of fused-ring (bicyclic) bond motifs is 2. The molecule has 6 heteroatoms. The van der Waals surface area contributed by atoms with Crippen molar-refractivity contribution in [2.45, 2.75) is 51.7 Å². The third kappa shape index (κ3) is 2.95. The Balaban J connectivity index is 1.70. The van der Waals surface area contributed by atoms with E-state index in [9.17, 15) is 14.4 Å². The van der Waals surface area contributed by atoms with E-state index in [-0.39, 0.29) is 47.9 Å². The number of carbonyl (C=O) groups excluding carboxylic acids is 3. The molecule has 2 saturated carbocycles. The van der Waals surface area contributed by atoms with E-state index in [1.165, 1.54) is 0 Å². The van der Waals surface area contributed by atoms with Crippen molar-refractivity contribution in [1.82, 2.24) is 5.32 Å². The molecule has 1 heterocycles. The Hall–Kier alpha value is -1.59. The maximum absolute atomic E-state index is 12.1. The summed E-state index contributed by atoms with van der Waals surface area (Å²) in [6, 6.07) is 0.0639. The molecule has 1 saturated heterocycles. The minimum atomic E-state index is -0.384. The molecular weight excluding hydrogens is 298 g/mol. The minimum Gasteiger partial charge on any atom is -0.462 e. The molecule has 2 aliphatic carbocycles. The molecule has 0 aromatic carbocycles. The van der Waals surface area contributed by atoms with Gasteiger partial charge >= 0.3 is 12.1 Å². The van der Waals surface area contributed by atoms with E-state index < -0.39 is 0 Å². The van der Waals surface area contributed by atoms with Gasteiger partial charge in [0.05, 0.1) is 12.5 Å². The third-order valence-corrected chi connectivity index (χ3v) is 5.90. The molecule has 1 N–H and O–H groups in total. The van der Waals surface area contributed by atoms with Gasteiger partial charge in [-0.25, -0.2) is 4.79 Å². The highest BCUT2D eigenvalue weighted by Gasteiger charge is 2.55. The minimum absolute atomic E-state index is 0.0239. The molecule has 128 valence electrons. The zero-order valence-electron chi connectivity index (χ0n) is 13.7. The smallest absolute Gasteiger partial charge is 0.407 e. The van der Waals surface area contributed by atoms with Crippen molar-refractivity contribution in [2.24, 2.45) is 29.6 Å². The fourth-order valence-corrected chi connectivity index (χ4v) is 5.01. The van der Waals surface area contributed by atoms with Crippen LogP contribution in [0.5, 0.6) is 0 Å². The number of rotatable bonds is 3. The van der Waals surface area contributed by atoms with Crippen molar-refractivity contribution in [1.29, 1.82) is 0 Å². The molecule has 3 aliphatic rings. The Morgan fingerprint density at radius 1 is 1.39 bits per heavy atom. The zero-order valence-corrected chi connectivity index (χ0v) is 13.7. The summed E-state index contributed by atoms with van der Waals surface area (Å²) in [7, 11) is 0. The summed E-state index contributed by atoms with van der Waals surface area (Å²) in [4.78, 5) is 35.4. The van der Waals surface area contributed by atoms with Crippen molar-refractivity contribution in [2.75, 3.05) is 6.61 Å². The van der Waals surface area contributed by atoms with E-state index in [1.807, 2.05) is 6.92 Å². The molecule has 3 rings (SSSR count). The Bertz CT molecular complexity index is 493. The average molecular weight is 323 g/mol. The number of alkyl carbamates (subject to hydrolysis) is 1. The molecule has 6 nitrogen and oxygen atoms in total. The standard InChI is InChI=1S/C17H25NO5/c1-3-22-17(21)18-11-4-5-12-10(6-11)7-13-15(14(12)8-19)9(2)23-16(13)20/h8-15H,3-7H2,1-2H3,(H,18,21)/t9-,10+,11-,12-,13?,14+,15?/m1/s1. The molecule has 7 atom stereocenters. The van der Waals surface area contributed by atoms with Crippen LogP contribution in [0.25, 0.3) is 0 Å². The van der Waals surface area contributed by atoms with E-state index in [2.05, 4.69) is 5.32 Å². The molecule has 0 radical (unpaired) electrons. The summed E-state index contributed by atoms with van der Waals surface area (Å²) in [5.74, 6) is 0.173. The first kappa shape index (κ1) is 16.3. The highest BCUT2D eigenvalue weighted by molar-refractivity contribution is 5.77. The lowest BCUT2D eigenvalue weighted by Gasteiger charge is -2.46. The van der Waals surface area contributed by atoms with Gasteiger partial charge in [0.1, 0.15) is 12.4 Å². The van der Waals surface area contributed by atoms with Crippen molar-refractivity contribution in [3.63, 3.8) is 0 Å². The van der Waals surface area contributed by atoms with Gasteiger partial charge in [-0.15, -0.1) is 0 Å². The molecule has 23 heavy (non-hydrogen) atoms. The quantitative estimate of drug-likeness (QED) is 0.634. The molecule has 3 fully saturated rings. The van der Waals surface area contributed by atoms with E-state index in [1.54, 1.807) is 6.92 Å². The lowest BCUT2D eigenvalue weighted by Crippen LogP contribution is -2.49. The Morgan fingerprint density at radius 3 is 2.87 bits per heavy atom. The van der Waals surface area contributed by atoms with Crippen LogP contribution >= 0.6 is 0 Å². The molecule has 1 amide bonds. The van der Waals surface area contributed by atoms with Crippen LogP contribution in [0.15, 0.2) is 0 Å². The molecule has 0 aromatic heterocycles. The molecular formula is C17H25NO5. The number of hydrogen-bond donors (Lipinski definition) is 1. The van der Waals surface area contributed by atoms with Crippen LogP contribution in [0.4, 0.5) is 4.79 Å². The van der Waals surface area contributed by atoms with E-state index in [0.29, 0.717) is 12.5 Å². The third-order valence-electron chi connectivity index (χ3n) is 5.90. The van der Waals surface area contributed by atoms with E-state index >= 15 is 0 Å². The monoisotopic (exact) mass is 323 g/mol. The summed E-state index contributed by atoms with van der Waals surface area (Å²) in [5, 5.41) is 2.90. The number of carbonyl (C=O) groups is 3. The maximum atomic E-state index is 12.1. The van der Waals surface area contributed by atoms with Gasteiger partial charge in [-0.1, -0.05) is 0 Å². The van der Waals surface area contributed by atoms with Crippen molar-refractivity contribution in [3.8, 4) is 0 Å². The van der Waals surface area contributed by atoms with Crippen LogP contribution in [-0.4, -0.2) is 37.1 Å². The van der Waals surface area contributed by atoms with Gasteiger partial charge in [-0.2, -0.15) is 0 Å². The number of hydrogen-bond acceptors (Lipinski definition) is 5. The van der Waals surface area contributed by atoms with Crippen LogP contribution in [0.1, 0.15) is 39.5 Å². The normalized spacial score (nSPS) is 42.2. The topological polar surface area (TPSA) is 81.7 Å². The first-order valence-corrected chi connectivity index (χ1v) is 8.64. The predicted octanol–water partition coefficient (Wildman–Crippen LogP) is 1.91. The van der Waals surface area contributed by atoms with Crippen molar-refractivity contribution in [3.05, 3.63) is 0 Å². The largest absolute Gasteiger partial charge is 0.462 e. The number of cyclic esters (lactones) is 1. The van der Waals surface area contributed by atoms with Crippen molar-refractivity contribution < 1.29 is 23.9 Å². The fourth-order valence-electron chi connectivity index (χ4n) is 5.01. The van der Waals surface area contributed by atoms with Crippen LogP contribution in [0.2, 0.25) is 0 Å². The van der Waals surface area contributed by atoms with Crippen LogP contribution < -0.4 is 5.32 Å². The molecule has 0 spiro atoms. The maximum Gasteiger partial charge on any atom is 0.407 e.